The van der Waals surface area contributed by atoms with E-state index < -0.39 is 0 Å². The van der Waals surface area contributed by atoms with E-state index in [2.05, 4.69) is 22.0 Å². The summed E-state index contributed by atoms with van der Waals surface area (Å²) in [5.74, 6) is -0.230. The Morgan fingerprint density at radius 3 is 2.00 bits per heavy atom. The molecule has 0 aliphatic heterocycles. The van der Waals surface area contributed by atoms with Crippen molar-refractivity contribution in [1.82, 2.24) is 0 Å². The van der Waals surface area contributed by atoms with Crippen LogP contribution in [-0.4, -0.2) is 58.8 Å². The molecular formula is C11H22IO6P. The minimum atomic E-state index is -0.230. The van der Waals surface area contributed by atoms with Crippen molar-refractivity contribution >= 4 is 34.5 Å². The number of ether oxygens (including phenoxy) is 4. The monoisotopic (exact) mass is 408 g/mol. The molecule has 0 amide bonds. The van der Waals surface area contributed by atoms with Crippen LogP contribution in [0.2, 0.25) is 0 Å². The van der Waals surface area contributed by atoms with Crippen molar-refractivity contribution in [3.8, 4) is 0 Å². The molecular weight excluding hydrogens is 386 g/mol. The molecule has 0 rings (SSSR count). The van der Waals surface area contributed by atoms with E-state index in [-0.39, 0.29) is 12.4 Å². The van der Waals surface area contributed by atoms with Gasteiger partial charge >= 0.3 is 5.97 Å². The van der Waals surface area contributed by atoms with Crippen molar-refractivity contribution < 1.29 is 28.3 Å². The Bertz CT molecular complexity index is 208. The van der Waals surface area contributed by atoms with Gasteiger partial charge in [0.1, 0.15) is 0 Å². The molecule has 0 aromatic carbocycles. The van der Waals surface area contributed by atoms with Crippen LogP contribution in [0.15, 0.2) is 0 Å². The van der Waals surface area contributed by atoms with E-state index in [1.165, 1.54) is 0 Å². The first-order chi connectivity index (χ1) is 9.31. The first-order valence-electron chi connectivity index (χ1n) is 6.17. The molecule has 19 heavy (non-hydrogen) atoms. The van der Waals surface area contributed by atoms with Gasteiger partial charge in [0.05, 0.1) is 65.7 Å². The topological polar surface area (TPSA) is 63.2 Å². The van der Waals surface area contributed by atoms with Crippen molar-refractivity contribution in [2.24, 2.45) is 0 Å². The summed E-state index contributed by atoms with van der Waals surface area (Å²) in [6.07, 6.45) is 0.286. The summed E-state index contributed by atoms with van der Waals surface area (Å²) < 4.78 is 25.7. The highest BCUT2D eigenvalue weighted by molar-refractivity contribution is 14.2. The molecule has 0 aromatic heterocycles. The molecule has 0 spiro atoms. The van der Waals surface area contributed by atoms with Crippen LogP contribution in [0.1, 0.15) is 13.3 Å². The van der Waals surface area contributed by atoms with E-state index in [9.17, 15) is 4.79 Å². The van der Waals surface area contributed by atoms with E-state index in [1.54, 1.807) is 6.92 Å². The third-order valence-electron chi connectivity index (χ3n) is 1.88. The first-order valence-corrected chi connectivity index (χ1v) is 10.2. The van der Waals surface area contributed by atoms with Gasteiger partial charge in [-0.2, -0.15) is 0 Å². The third kappa shape index (κ3) is 16.4. The predicted molar refractivity (Wildman–Crippen MR) is 82.0 cm³/mol. The molecule has 0 aromatic rings. The fraction of sp³-hybridized carbons (Fsp3) is 0.909. The van der Waals surface area contributed by atoms with Crippen LogP contribution in [0, 0.1) is 0 Å². The molecule has 6 nitrogen and oxygen atoms in total. The summed E-state index contributed by atoms with van der Waals surface area (Å²) in [7, 11) is 0. The second-order valence-electron chi connectivity index (χ2n) is 3.32. The summed E-state index contributed by atoms with van der Waals surface area (Å²) in [4.78, 5) is 11.0. The van der Waals surface area contributed by atoms with Crippen molar-refractivity contribution in [2.75, 3.05) is 52.9 Å². The highest BCUT2D eigenvalue weighted by Gasteiger charge is 2.00. The number of rotatable bonds is 14. The van der Waals surface area contributed by atoms with Crippen LogP contribution < -0.4 is 0 Å². The average Bonchev–Trinajstić information content (AvgIpc) is 2.40. The van der Waals surface area contributed by atoms with Crippen LogP contribution in [0.25, 0.3) is 0 Å². The van der Waals surface area contributed by atoms with E-state index in [0.717, 1.165) is 0 Å². The molecule has 0 bridgehead atoms. The lowest BCUT2D eigenvalue weighted by atomic mass is 10.5. The van der Waals surface area contributed by atoms with Gasteiger partial charge < -0.3 is 23.5 Å². The SMILES string of the molecule is CCOC(=O)CCOCCOCCOCCOPI. The van der Waals surface area contributed by atoms with Crippen molar-refractivity contribution in [1.29, 1.82) is 0 Å². The molecule has 0 heterocycles. The first kappa shape index (κ1) is 19.5. The van der Waals surface area contributed by atoms with Crippen LogP contribution in [-0.2, 0) is 28.3 Å². The fourth-order valence-corrected chi connectivity index (χ4v) is 1.89. The van der Waals surface area contributed by atoms with Gasteiger partial charge in [0.2, 0.25) is 0 Å². The van der Waals surface area contributed by atoms with E-state index in [4.69, 9.17) is 23.5 Å². The number of halogens is 1. The summed E-state index contributed by atoms with van der Waals surface area (Å²) in [5, 5.41) is 0. The molecule has 0 aliphatic rings. The Labute approximate surface area is 129 Å². The van der Waals surface area contributed by atoms with Crippen molar-refractivity contribution in [2.45, 2.75) is 13.3 Å². The van der Waals surface area contributed by atoms with Gasteiger partial charge in [-0.1, -0.05) is 0 Å². The molecule has 1 unspecified atom stereocenters. The Kier molecular flexibility index (Phi) is 16.9. The lowest BCUT2D eigenvalue weighted by Gasteiger charge is -2.06. The maximum absolute atomic E-state index is 11.0. The predicted octanol–water partition coefficient (Wildman–Crippen LogP) is 1.95. The number of esters is 1. The summed E-state index contributed by atoms with van der Waals surface area (Å²) in [6.45, 7) is 6.31. The molecule has 0 fully saturated rings. The van der Waals surface area contributed by atoms with Gasteiger partial charge in [-0.05, 0) is 29.0 Å². The van der Waals surface area contributed by atoms with E-state index in [0.29, 0.717) is 59.3 Å². The number of hydrogen-bond donors (Lipinski definition) is 0. The molecule has 1 atom stereocenters. The van der Waals surface area contributed by atoms with E-state index >= 15 is 0 Å². The number of carbonyl (C=O) groups excluding carboxylic acids is 1. The highest BCUT2D eigenvalue weighted by atomic mass is 127. The van der Waals surface area contributed by atoms with Crippen LogP contribution >= 0.6 is 28.5 Å². The average molecular weight is 408 g/mol. The van der Waals surface area contributed by atoms with Crippen LogP contribution in [0.4, 0.5) is 0 Å². The van der Waals surface area contributed by atoms with Gasteiger partial charge in [0, 0.05) is 0 Å². The Balaban J connectivity index is 3.01. The lowest BCUT2D eigenvalue weighted by Crippen LogP contribution is -2.13. The summed E-state index contributed by atoms with van der Waals surface area (Å²) in [5.41, 5.74) is 0. The molecule has 0 N–H and O–H groups in total. The largest absolute Gasteiger partial charge is 0.466 e. The maximum Gasteiger partial charge on any atom is 0.308 e. The second-order valence-corrected chi connectivity index (χ2v) is 5.08. The summed E-state index contributed by atoms with van der Waals surface area (Å²) in [6, 6.07) is 0. The van der Waals surface area contributed by atoms with Crippen molar-refractivity contribution in [3.63, 3.8) is 0 Å². The normalized spacial score (nSPS) is 11.3. The second kappa shape index (κ2) is 16.5. The zero-order valence-electron chi connectivity index (χ0n) is 11.2. The van der Waals surface area contributed by atoms with Gasteiger partial charge in [-0.3, -0.25) is 4.79 Å². The molecule has 0 aliphatic carbocycles. The molecule has 0 radical (unpaired) electrons. The zero-order chi connectivity index (χ0) is 14.2. The Hall–Kier alpha value is 0.470. The van der Waals surface area contributed by atoms with Crippen LogP contribution in [0.3, 0.4) is 0 Å². The maximum atomic E-state index is 11.0. The Morgan fingerprint density at radius 2 is 1.47 bits per heavy atom. The van der Waals surface area contributed by atoms with E-state index in [1.807, 2.05) is 0 Å². The third-order valence-corrected chi connectivity index (χ3v) is 3.13. The molecule has 0 saturated carbocycles. The van der Waals surface area contributed by atoms with Gasteiger partial charge in [0.15, 0.2) is 0 Å². The zero-order valence-corrected chi connectivity index (χ0v) is 14.3. The smallest absolute Gasteiger partial charge is 0.308 e. The molecule has 0 saturated heterocycles. The number of carbonyl (C=O) groups is 1. The quantitative estimate of drug-likeness (QED) is 0.190. The lowest BCUT2D eigenvalue weighted by molar-refractivity contribution is -0.144. The minimum absolute atomic E-state index is 0.230. The van der Waals surface area contributed by atoms with Gasteiger partial charge in [0.25, 0.3) is 0 Å². The number of hydrogen-bond acceptors (Lipinski definition) is 6. The van der Waals surface area contributed by atoms with Gasteiger partial charge in [-0.15, -0.1) is 0 Å². The molecule has 114 valence electrons. The minimum Gasteiger partial charge on any atom is -0.466 e. The summed E-state index contributed by atoms with van der Waals surface area (Å²) >= 11 is 2.17. The Morgan fingerprint density at radius 1 is 0.947 bits per heavy atom. The fourth-order valence-electron chi connectivity index (χ4n) is 1.07. The van der Waals surface area contributed by atoms with Crippen molar-refractivity contribution in [3.05, 3.63) is 0 Å². The molecule has 8 heteroatoms. The standard InChI is InChI=1S/C11H22IO6P/c1-2-17-11(13)3-4-14-5-6-15-7-8-16-9-10-18-19-12/h19H,2-10H2,1H3. The highest BCUT2D eigenvalue weighted by Crippen LogP contribution is 2.20. The van der Waals surface area contributed by atoms with Gasteiger partial charge in [-0.25, -0.2) is 0 Å². The van der Waals surface area contributed by atoms with Crippen LogP contribution in [0.5, 0.6) is 0 Å².